The molecular weight excluding hydrogens is 279 g/mol. The molecule has 0 spiro atoms. The minimum atomic E-state index is -1.45. The highest BCUT2D eigenvalue weighted by Crippen LogP contribution is 2.33. The summed E-state index contributed by atoms with van der Waals surface area (Å²) in [5, 5.41) is 2.96. The van der Waals surface area contributed by atoms with Crippen molar-refractivity contribution in [1.29, 1.82) is 0 Å². The molecule has 1 N–H and O–H groups in total. The Balaban J connectivity index is 1.74. The van der Waals surface area contributed by atoms with Crippen LogP contribution in [-0.4, -0.2) is 13.2 Å². The van der Waals surface area contributed by atoms with E-state index in [0.29, 0.717) is 13.2 Å². The van der Waals surface area contributed by atoms with Crippen molar-refractivity contribution >= 4 is 5.69 Å². The van der Waals surface area contributed by atoms with E-state index in [-0.39, 0.29) is 11.6 Å². The van der Waals surface area contributed by atoms with Crippen molar-refractivity contribution in [2.24, 2.45) is 0 Å². The Labute approximate surface area is 120 Å². The summed E-state index contributed by atoms with van der Waals surface area (Å²) in [5.74, 6) is -2.80. The van der Waals surface area contributed by atoms with Gasteiger partial charge in [0.05, 0.1) is 6.61 Å². The number of benzene rings is 2. The van der Waals surface area contributed by atoms with Crippen molar-refractivity contribution in [2.75, 3.05) is 18.5 Å². The largest absolute Gasteiger partial charge is 0.493 e. The lowest BCUT2D eigenvalue weighted by Gasteiger charge is -2.26. The van der Waals surface area contributed by atoms with Crippen LogP contribution in [-0.2, 0) is 0 Å². The number of hydrogen-bond donors (Lipinski definition) is 1. The summed E-state index contributed by atoms with van der Waals surface area (Å²) in [6.45, 7) is 1.11. The molecule has 2 aromatic carbocycles. The molecule has 0 fully saturated rings. The highest BCUT2D eigenvalue weighted by atomic mass is 19.2. The summed E-state index contributed by atoms with van der Waals surface area (Å²) in [6.07, 6.45) is 0.816. The standard InChI is InChI=1S/C16H14F3NO/c17-13-7-11(8-14(18)16(13)19)20-9-10-5-6-21-15-4-2-1-3-12(10)15/h1-4,7-8,10,20H,5-6,9H2. The van der Waals surface area contributed by atoms with Gasteiger partial charge >= 0.3 is 0 Å². The Hall–Kier alpha value is -2.17. The van der Waals surface area contributed by atoms with Crippen LogP contribution in [0.2, 0.25) is 0 Å². The molecule has 0 radical (unpaired) electrons. The first-order valence-corrected chi connectivity index (χ1v) is 6.75. The molecule has 5 heteroatoms. The molecule has 2 aromatic rings. The van der Waals surface area contributed by atoms with Gasteiger partial charge in [0.15, 0.2) is 17.5 Å². The number of hydrogen-bond acceptors (Lipinski definition) is 2. The Morgan fingerprint density at radius 2 is 1.81 bits per heavy atom. The van der Waals surface area contributed by atoms with E-state index in [1.54, 1.807) is 0 Å². The van der Waals surface area contributed by atoms with Crippen LogP contribution in [0, 0.1) is 17.5 Å². The first-order chi connectivity index (χ1) is 10.1. The van der Waals surface area contributed by atoms with E-state index >= 15 is 0 Å². The Morgan fingerprint density at radius 3 is 2.57 bits per heavy atom. The maximum Gasteiger partial charge on any atom is 0.194 e. The number of fused-ring (bicyclic) bond motifs is 1. The molecule has 1 aliphatic heterocycles. The van der Waals surface area contributed by atoms with Crippen LogP contribution in [0.15, 0.2) is 36.4 Å². The highest BCUT2D eigenvalue weighted by Gasteiger charge is 2.21. The fourth-order valence-corrected chi connectivity index (χ4v) is 2.53. The number of para-hydroxylation sites is 1. The molecule has 1 atom stereocenters. The zero-order valence-electron chi connectivity index (χ0n) is 11.2. The molecule has 0 aliphatic carbocycles. The lowest BCUT2D eigenvalue weighted by atomic mass is 9.93. The van der Waals surface area contributed by atoms with E-state index in [1.165, 1.54) is 0 Å². The third-order valence-electron chi connectivity index (χ3n) is 3.62. The zero-order chi connectivity index (χ0) is 14.8. The first-order valence-electron chi connectivity index (χ1n) is 6.75. The Bertz CT molecular complexity index is 637. The number of halogens is 3. The van der Waals surface area contributed by atoms with Crippen molar-refractivity contribution < 1.29 is 17.9 Å². The van der Waals surface area contributed by atoms with Crippen molar-refractivity contribution in [2.45, 2.75) is 12.3 Å². The topological polar surface area (TPSA) is 21.3 Å². The maximum atomic E-state index is 13.2. The van der Waals surface area contributed by atoms with E-state index in [0.717, 1.165) is 29.9 Å². The second-order valence-corrected chi connectivity index (χ2v) is 5.01. The second-order valence-electron chi connectivity index (χ2n) is 5.01. The normalized spacial score (nSPS) is 17.0. The molecule has 1 heterocycles. The van der Waals surface area contributed by atoms with Crippen LogP contribution in [0.3, 0.4) is 0 Å². The third-order valence-corrected chi connectivity index (χ3v) is 3.62. The Morgan fingerprint density at radius 1 is 1.10 bits per heavy atom. The molecule has 0 saturated heterocycles. The quantitative estimate of drug-likeness (QED) is 0.861. The van der Waals surface area contributed by atoms with Gasteiger partial charge in [-0.15, -0.1) is 0 Å². The Kier molecular flexibility index (Phi) is 3.73. The second kappa shape index (κ2) is 5.68. The van der Waals surface area contributed by atoms with E-state index in [4.69, 9.17) is 4.74 Å². The van der Waals surface area contributed by atoms with Gasteiger partial charge in [-0.05, 0) is 18.1 Å². The fraction of sp³-hybridized carbons (Fsp3) is 0.250. The molecule has 0 aromatic heterocycles. The average molecular weight is 293 g/mol. The first kappa shape index (κ1) is 13.8. The average Bonchev–Trinajstić information content (AvgIpc) is 2.50. The van der Waals surface area contributed by atoms with Gasteiger partial charge in [-0.1, -0.05) is 18.2 Å². The van der Waals surface area contributed by atoms with Crippen LogP contribution in [0.25, 0.3) is 0 Å². The summed E-state index contributed by atoms with van der Waals surface area (Å²) < 4.78 is 44.8. The number of ether oxygens (including phenoxy) is 1. The molecule has 2 nitrogen and oxygen atoms in total. The van der Waals surface area contributed by atoms with Crippen LogP contribution < -0.4 is 10.1 Å². The summed E-state index contributed by atoms with van der Waals surface area (Å²) >= 11 is 0. The van der Waals surface area contributed by atoms with Gasteiger partial charge in [0.2, 0.25) is 0 Å². The van der Waals surface area contributed by atoms with E-state index in [1.807, 2.05) is 24.3 Å². The molecular formula is C16H14F3NO. The van der Waals surface area contributed by atoms with Gasteiger partial charge in [0.25, 0.3) is 0 Å². The highest BCUT2D eigenvalue weighted by molar-refractivity contribution is 5.46. The smallest absolute Gasteiger partial charge is 0.194 e. The van der Waals surface area contributed by atoms with Gasteiger partial charge in [-0.3, -0.25) is 0 Å². The van der Waals surface area contributed by atoms with Crippen molar-refractivity contribution in [3.8, 4) is 5.75 Å². The number of anilines is 1. The summed E-state index contributed by atoms with van der Waals surface area (Å²) in [4.78, 5) is 0. The van der Waals surface area contributed by atoms with E-state index in [9.17, 15) is 13.2 Å². The van der Waals surface area contributed by atoms with Gasteiger partial charge in [-0.2, -0.15) is 0 Å². The SMILES string of the molecule is Fc1cc(NCC2CCOc3ccccc32)cc(F)c1F. The van der Waals surface area contributed by atoms with Gasteiger partial charge in [0.1, 0.15) is 5.75 Å². The summed E-state index contributed by atoms with van der Waals surface area (Å²) in [7, 11) is 0. The van der Waals surface area contributed by atoms with E-state index in [2.05, 4.69) is 5.32 Å². The molecule has 1 aliphatic rings. The third kappa shape index (κ3) is 2.82. The molecule has 0 bridgehead atoms. The minimum Gasteiger partial charge on any atom is -0.493 e. The van der Waals surface area contributed by atoms with Crippen molar-refractivity contribution in [3.05, 3.63) is 59.4 Å². The molecule has 3 rings (SSSR count). The predicted molar refractivity (Wildman–Crippen MR) is 74.1 cm³/mol. The predicted octanol–water partition coefficient (Wildman–Crippen LogP) is 4.08. The minimum absolute atomic E-state index is 0.186. The van der Waals surface area contributed by atoms with Crippen LogP contribution in [0.1, 0.15) is 17.9 Å². The number of nitrogens with one attached hydrogen (secondary N) is 1. The molecule has 110 valence electrons. The lowest BCUT2D eigenvalue weighted by Crippen LogP contribution is -2.20. The number of rotatable bonds is 3. The summed E-state index contributed by atoms with van der Waals surface area (Å²) in [5.41, 5.74) is 1.30. The fourth-order valence-electron chi connectivity index (χ4n) is 2.53. The van der Waals surface area contributed by atoms with Crippen LogP contribution in [0.5, 0.6) is 5.75 Å². The monoisotopic (exact) mass is 293 g/mol. The van der Waals surface area contributed by atoms with Crippen molar-refractivity contribution in [3.63, 3.8) is 0 Å². The van der Waals surface area contributed by atoms with Crippen LogP contribution in [0.4, 0.5) is 18.9 Å². The summed E-state index contributed by atoms with van der Waals surface area (Å²) in [6, 6.07) is 9.63. The lowest BCUT2D eigenvalue weighted by molar-refractivity contribution is 0.270. The maximum absolute atomic E-state index is 13.2. The molecule has 21 heavy (non-hydrogen) atoms. The van der Waals surface area contributed by atoms with E-state index < -0.39 is 17.5 Å². The zero-order valence-corrected chi connectivity index (χ0v) is 11.2. The van der Waals surface area contributed by atoms with Crippen LogP contribution >= 0.6 is 0 Å². The molecule has 0 amide bonds. The molecule has 1 unspecified atom stereocenters. The van der Waals surface area contributed by atoms with Gasteiger partial charge in [-0.25, -0.2) is 13.2 Å². The molecule has 0 saturated carbocycles. The van der Waals surface area contributed by atoms with Crippen molar-refractivity contribution in [1.82, 2.24) is 0 Å². The van der Waals surface area contributed by atoms with Gasteiger partial charge in [0, 0.05) is 30.3 Å². The van der Waals surface area contributed by atoms with Gasteiger partial charge < -0.3 is 10.1 Å².